The first-order valence-electron chi connectivity index (χ1n) is 5.03. The van der Waals surface area contributed by atoms with Crippen molar-refractivity contribution in [3.05, 3.63) is 36.4 Å². The molecule has 0 saturated heterocycles. The minimum Gasteiger partial charge on any atom is -0.234 e. The molecule has 1 saturated carbocycles. The zero-order chi connectivity index (χ0) is 10.1. The van der Waals surface area contributed by atoms with Crippen LogP contribution in [0.1, 0.15) is 24.3 Å². The van der Waals surface area contributed by atoms with Gasteiger partial charge in [0.15, 0.2) is 11.6 Å². The van der Waals surface area contributed by atoms with Crippen LogP contribution >= 0.6 is 0 Å². The van der Waals surface area contributed by atoms with Gasteiger partial charge in [-0.2, -0.15) is 0 Å². The summed E-state index contributed by atoms with van der Waals surface area (Å²) in [6.45, 7) is 0. The summed E-state index contributed by atoms with van der Waals surface area (Å²) in [5.41, 5.74) is 1.23. The molecule has 0 amide bonds. The minimum absolute atomic E-state index is 0.583. The summed E-state index contributed by atoms with van der Waals surface area (Å²) in [6, 6.07) is 1.78. The second-order valence-corrected chi connectivity index (χ2v) is 3.69. The Morgan fingerprint density at radius 3 is 2.07 bits per heavy atom. The fourth-order valence-electron chi connectivity index (χ4n) is 1.50. The number of nitrogens with zero attached hydrogens (tertiary/aromatic N) is 4. The van der Waals surface area contributed by atoms with Crippen LogP contribution < -0.4 is 0 Å². The van der Waals surface area contributed by atoms with E-state index < -0.39 is 0 Å². The van der Waals surface area contributed by atoms with E-state index >= 15 is 0 Å². The van der Waals surface area contributed by atoms with Crippen molar-refractivity contribution < 1.29 is 0 Å². The topological polar surface area (TPSA) is 51.6 Å². The maximum absolute atomic E-state index is 4.27. The highest BCUT2D eigenvalue weighted by atomic mass is 15.0. The molecule has 2 heterocycles. The molecule has 1 aliphatic carbocycles. The summed E-state index contributed by atoms with van der Waals surface area (Å²) < 4.78 is 0. The summed E-state index contributed by atoms with van der Waals surface area (Å²) >= 11 is 0. The number of hydrogen-bond acceptors (Lipinski definition) is 4. The third kappa shape index (κ3) is 1.70. The molecular weight excluding hydrogens is 188 g/mol. The zero-order valence-corrected chi connectivity index (χ0v) is 8.17. The van der Waals surface area contributed by atoms with Gasteiger partial charge in [0, 0.05) is 24.8 Å². The third-order valence-electron chi connectivity index (χ3n) is 2.49. The van der Waals surface area contributed by atoms with Gasteiger partial charge in [-0.1, -0.05) is 0 Å². The zero-order valence-electron chi connectivity index (χ0n) is 8.17. The quantitative estimate of drug-likeness (QED) is 0.738. The molecule has 0 aromatic carbocycles. The van der Waals surface area contributed by atoms with Crippen LogP contribution in [0.15, 0.2) is 30.9 Å². The molecule has 1 aliphatic rings. The van der Waals surface area contributed by atoms with Crippen molar-refractivity contribution in [3.63, 3.8) is 0 Å². The molecule has 4 nitrogen and oxygen atoms in total. The number of hydrogen-bond donors (Lipinski definition) is 0. The van der Waals surface area contributed by atoms with Crippen molar-refractivity contribution in [2.75, 3.05) is 0 Å². The Balaban J connectivity index is 1.93. The second-order valence-electron chi connectivity index (χ2n) is 3.69. The van der Waals surface area contributed by atoms with E-state index in [0.717, 1.165) is 0 Å². The predicted molar refractivity (Wildman–Crippen MR) is 55.0 cm³/mol. The number of aromatic nitrogens is 4. The lowest BCUT2D eigenvalue weighted by atomic mass is 10.2. The van der Waals surface area contributed by atoms with Gasteiger partial charge in [0.25, 0.3) is 0 Å². The van der Waals surface area contributed by atoms with E-state index in [0.29, 0.717) is 17.6 Å². The van der Waals surface area contributed by atoms with Crippen molar-refractivity contribution in [1.29, 1.82) is 0 Å². The van der Waals surface area contributed by atoms with E-state index in [2.05, 4.69) is 19.9 Å². The lowest BCUT2D eigenvalue weighted by Gasteiger charge is -1.99. The van der Waals surface area contributed by atoms with E-state index in [1.54, 1.807) is 18.5 Å². The molecule has 0 spiro atoms. The Morgan fingerprint density at radius 2 is 1.47 bits per heavy atom. The van der Waals surface area contributed by atoms with Gasteiger partial charge in [-0.25, -0.2) is 19.9 Å². The van der Waals surface area contributed by atoms with Gasteiger partial charge in [0.1, 0.15) is 0 Å². The van der Waals surface area contributed by atoms with Gasteiger partial charge >= 0.3 is 0 Å². The molecule has 4 heteroatoms. The van der Waals surface area contributed by atoms with Crippen LogP contribution in [0.5, 0.6) is 0 Å². The van der Waals surface area contributed by atoms with Crippen LogP contribution in [0.3, 0.4) is 0 Å². The fraction of sp³-hybridized carbons (Fsp3) is 0.273. The molecular formula is C11H10N4. The standard InChI is InChI=1S/C11H10N4/c1-4-12-10(13-5-1)11-14-6-9(7-15-11)8-2-3-8/h1,4-8H,2-3H2. The van der Waals surface area contributed by atoms with Crippen molar-refractivity contribution in [1.82, 2.24) is 19.9 Å². The van der Waals surface area contributed by atoms with E-state index in [-0.39, 0.29) is 0 Å². The van der Waals surface area contributed by atoms with E-state index in [4.69, 9.17) is 0 Å². The Kier molecular flexibility index (Phi) is 1.91. The predicted octanol–water partition coefficient (Wildman–Crippen LogP) is 1.81. The average molecular weight is 198 g/mol. The lowest BCUT2D eigenvalue weighted by molar-refractivity contribution is 1.01. The van der Waals surface area contributed by atoms with Crippen molar-refractivity contribution in [2.45, 2.75) is 18.8 Å². The van der Waals surface area contributed by atoms with E-state index in [9.17, 15) is 0 Å². The minimum atomic E-state index is 0.583. The largest absolute Gasteiger partial charge is 0.234 e. The first kappa shape index (κ1) is 8.47. The monoisotopic (exact) mass is 198 g/mol. The Labute approximate surface area is 87.5 Å². The van der Waals surface area contributed by atoms with E-state index in [1.807, 2.05) is 12.4 Å². The van der Waals surface area contributed by atoms with E-state index in [1.165, 1.54) is 18.4 Å². The maximum atomic E-state index is 4.27. The molecule has 2 aromatic heterocycles. The smallest absolute Gasteiger partial charge is 0.197 e. The van der Waals surface area contributed by atoms with Gasteiger partial charge in [0.05, 0.1) is 0 Å². The van der Waals surface area contributed by atoms with Crippen molar-refractivity contribution >= 4 is 0 Å². The Hall–Kier alpha value is -1.84. The van der Waals surface area contributed by atoms with Gasteiger partial charge in [-0.15, -0.1) is 0 Å². The third-order valence-corrected chi connectivity index (χ3v) is 2.49. The molecule has 0 N–H and O–H groups in total. The van der Waals surface area contributed by atoms with Gasteiger partial charge in [-0.3, -0.25) is 0 Å². The van der Waals surface area contributed by atoms with Crippen LogP contribution in [-0.2, 0) is 0 Å². The van der Waals surface area contributed by atoms with Gasteiger partial charge in [0.2, 0.25) is 0 Å². The summed E-state index contributed by atoms with van der Waals surface area (Å²) in [7, 11) is 0. The molecule has 74 valence electrons. The molecule has 1 fully saturated rings. The average Bonchev–Trinajstić information content (AvgIpc) is 3.15. The summed E-state index contributed by atoms with van der Waals surface area (Å²) in [5.74, 6) is 1.87. The van der Waals surface area contributed by atoms with Gasteiger partial charge < -0.3 is 0 Å². The first-order chi connectivity index (χ1) is 7.43. The molecule has 0 bridgehead atoms. The molecule has 0 atom stereocenters. The summed E-state index contributed by atoms with van der Waals surface area (Å²) in [4.78, 5) is 16.8. The molecule has 15 heavy (non-hydrogen) atoms. The molecule has 0 aliphatic heterocycles. The highest BCUT2D eigenvalue weighted by Gasteiger charge is 2.24. The van der Waals surface area contributed by atoms with Crippen LogP contribution in [0.4, 0.5) is 0 Å². The summed E-state index contributed by atoms with van der Waals surface area (Å²) in [6.07, 6.45) is 9.70. The fourth-order valence-corrected chi connectivity index (χ4v) is 1.50. The SMILES string of the molecule is c1cnc(-c2ncc(C3CC3)cn2)nc1. The summed E-state index contributed by atoms with van der Waals surface area (Å²) in [5, 5.41) is 0. The highest BCUT2D eigenvalue weighted by Crippen LogP contribution is 2.39. The molecule has 0 radical (unpaired) electrons. The van der Waals surface area contributed by atoms with Crippen LogP contribution in [0, 0.1) is 0 Å². The molecule has 2 aromatic rings. The van der Waals surface area contributed by atoms with Crippen LogP contribution in [0.25, 0.3) is 11.6 Å². The first-order valence-corrected chi connectivity index (χ1v) is 5.03. The maximum Gasteiger partial charge on any atom is 0.197 e. The van der Waals surface area contributed by atoms with Crippen molar-refractivity contribution in [3.8, 4) is 11.6 Å². The van der Waals surface area contributed by atoms with Crippen LogP contribution in [0.2, 0.25) is 0 Å². The second kappa shape index (κ2) is 3.38. The highest BCUT2D eigenvalue weighted by molar-refractivity contribution is 5.41. The molecule has 0 unspecified atom stereocenters. The number of rotatable bonds is 2. The van der Waals surface area contributed by atoms with Crippen molar-refractivity contribution in [2.24, 2.45) is 0 Å². The normalized spacial score (nSPS) is 15.2. The van der Waals surface area contributed by atoms with Gasteiger partial charge in [-0.05, 0) is 30.4 Å². The Bertz CT molecular complexity index is 448. The van der Waals surface area contributed by atoms with Crippen LogP contribution in [-0.4, -0.2) is 19.9 Å². The molecule has 3 rings (SSSR count). The lowest BCUT2D eigenvalue weighted by Crippen LogP contribution is -1.94. The Morgan fingerprint density at radius 1 is 0.867 bits per heavy atom.